The van der Waals surface area contributed by atoms with Gasteiger partial charge in [0.2, 0.25) is 5.91 Å². The number of ether oxygens (including phenoxy) is 2. The van der Waals surface area contributed by atoms with E-state index >= 15 is 0 Å². The maximum Gasteiger partial charge on any atom is 0.246 e. The van der Waals surface area contributed by atoms with Gasteiger partial charge in [-0.15, -0.1) is 11.3 Å². The predicted molar refractivity (Wildman–Crippen MR) is 145 cm³/mol. The minimum absolute atomic E-state index is 0.0488. The van der Waals surface area contributed by atoms with Gasteiger partial charge >= 0.3 is 0 Å². The van der Waals surface area contributed by atoms with Gasteiger partial charge in [-0.3, -0.25) is 4.79 Å². The summed E-state index contributed by atoms with van der Waals surface area (Å²) in [4.78, 5) is 28.0. The van der Waals surface area contributed by atoms with E-state index in [9.17, 15) is 4.79 Å². The number of nitrogen functional groups attached to an aromatic ring is 1. The first-order chi connectivity index (χ1) is 18.5. The molecule has 5 rings (SSSR count). The number of piperidine rings is 1. The number of hydrogen-bond acceptors (Lipinski definition) is 9. The molecule has 1 fully saturated rings. The van der Waals surface area contributed by atoms with Gasteiger partial charge in [-0.2, -0.15) is 5.10 Å². The topological polar surface area (TPSA) is 121 Å². The second-order valence-electron chi connectivity index (χ2n) is 8.75. The number of likely N-dealkylation sites (tertiary alicyclic amines) is 1. The Bertz CT molecular complexity index is 1530. The van der Waals surface area contributed by atoms with Crippen LogP contribution >= 0.6 is 11.3 Å². The number of nitrogens with two attached hydrogens (primary N) is 1. The molecule has 1 aliphatic rings. The standard InChI is InChI=1S/C27H27N7O3S/c1-3-24(35)33-11-5-7-19(15-33)34-27-25(26(28)30-17-31-27)22(32-34)10-6-12-36-20-8-4-9-21(13-20)37-16-23-29-14-18(2)38-23/h3-4,8-9,13-14,17,19H,1,5,7,11-12,15-16H2,2H3,(H2,28,30,31). The zero-order chi connectivity index (χ0) is 26.5. The number of fused-ring (bicyclic) bond motifs is 1. The Kier molecular flexibility index (Phi) is 7.51. The van der Waals surface area contributed by atoms with Gasteiger partial charge in [0, 0.05) is 30.2 Å². The molecule has 194 valence electrons. The Morgan fingerprint density at radius 3 is 2.92 bits per heavy atom. The molecule has 10 nitrogen and oxygen atoms in total. The number of carbonyl (C=O) groups excluding carboxylic acids is 1. The van der Waals surface area contributed by atoms with Crippen molar-refractivity contribution in [1.29, 1.82) is 0 Å². The first-order valence-electron chi connectivity index (χ1n) is 12.2. The third kappa shape index (κ3) is 5.60. The summed E-state index contributed by atoms with van der Waals surface area (Å²) in [6.45, 7) is 7.37. The van der Waals surface area contributed by atoms with E-state index in [1.807, 2.05) is 42.1 Å². The molecule has 0 radical (unpaired) electrons. The Morgan fingerprint density at radius 1 is 1.29 bits per heavy atom. The molecular weight excluding hydrogens is 502 g/mol. The number of benzene rings is 1. The van der Waals surface area contributed by atoms with Gasteiger partial charge in [0.05, 0.1) is 11.4 Å². The molecule has 1 amide bonds. The van der Waals surface area contributed by atoms with Crippen molar-refractivity contribution in [2.24, 2.45) is 0 Å². The third-order valence-electron chi connectivity index (χ3n) is 6.10. The van der Waals surface area contributed by atoms with E-state index in [0.29, 0.717) is 53.7 Å². The highest BCUT2D eigenvalue weighted by atomic mass is 32.1. The van der Waals surface area contributed by atoms with Crippen LogP contribution in [-0.4, -0.2) is 55.2 Å². The largest absolute Gasteiger partial charge is 0.486 e. The summed E-state index contributed by atoms with van der Waals surface area (Å²) in [7, 11) is 0. The van der Waals surface area contributed by atoms with E-state index in [4.69, 9.17) is 20.3 Å². The molecule has 11 heteroatoms. The smallest absolute Gasteiger partial charge is 0.246 e. The maximum absolute atomic E-state index is 12.2. The Labute approximate surface area is 224 Å². The van der Waals surface area contributed by atoms with Crippen molar-refractivity contribution in [2.45, 2.75) is 32.4 Å². The Morgan fingerprint density at radius 2 is 2.13 bits per heavy atom. The van der Waals surface area contributed by atoms with Crippen LogP contribution in [0.5, 0.6) is 11.5 Å². The lowest BCUT2D eigenvalue weighted by Crippen LogP contribution is -2.40. The first kappa shape index (κ1) is 25.2. The molecule has 0 aliphatic carbocycles. The van der Waals surface area contributed by atoms with Gasteiger partial charge < -0.3 is 20.1 Å². The second-order valence-corrected chi connectivity index (χ2v) is 10.1. The molecule has 1 atom stereocenters. The predicted octanol–water partition coefficient (Wildman–Crippen LogP) is 3.53. The minimum atomic E-state index is -0.0924. The molecule has 4 heterocycles. The van der Waals surface area contributed by atoms with E-state index in [0.717, 1.165) is 22.7 Å². The van der Waals surface area contributed by atoms with Gasteiger partial charge in [-0.1, -0.05) is 18.6 Å². The fraction of sp³-hybridized carbons (Fsp3) is 0.296. The van der Waals surface area contributed by atoms with Crippen molar-refractivity contribution in [3.63, 3.8) is 0 Å². The fourth-order valence-corrected chi connectivity index (χ4v) is 5.03. The fourth-order valence-electron chi connectivity index (χ4n) is 4.33. The van der Waals surface area contributed by atoms with Gasteiger partial charge in [0.15, 0.2) is 5.65 Å². The number of carbonyl (C=O) groups is 1. The van der Waals surface area contributed by atoms with E-state index in [1.165, 1.54) is 12.4 Å². The zero-order valence-corrected chi connectivity index (χ0v) is 21.8. The van der Waals surface area contributed by atoms with Crippen molar-refractivity contribution in [3.8, 4) is 23.3 Å². The van der Waals surface area contributed by atoms with Crippen LogP contribution in [0.15, 0.2) is 49.4 Å². The molecule has 1 aromatic carbocycles. The number of anilines is 1. The highest BCUT2D eigenvalue weighted by Gasteiger charge is 2.27. The van der Waals surface area contributed by atoms with Crippen molar-refractivity contribution < 1.29 is 14.3 Å². The number of aryl methyl sites for hydroxylation is 1. The van der Waals surface area contributed by atoms with Crippen LogP contribution in [0.1, 0.15) is 34.5 Å². The highest BCUT2D eigenvalue weighted by Crippen LogP contribution is 2.28. The monoisotopic (exact) mass is 529 g/mol. The molecule has 1 aliphatic heterocycles. The van der Waals surface area contributed by atoms with Crippen LogP contribution in [0.3, 0.4) is 0 Å². The van der Waals surface area contributed by atoms with Gasteiger partial charge in [0.25, 0.3) is 0 Å². The highest BCUT2D eigenvalue weighted by molar-refractivity contribution is 7.11. The van der Waals surface area contributed by atoms with Gasteiger partial charge in [0.1, 0.15) is 47.6 Å². The summed E-state index contributed by atoms with van der Waals surface area (Å²) in [6.07, 6.45) is 6.30. The summed E-state index contributed by atoms with van der Waals surface area (Å²) >= 11 is 1.61. The summed E-state index contributed by atoms with van der Waals surface area (Å²) in [6, 6.07) is 7.35. The Balaban J connectivity index is 1.29. The van der Waals surface area contributed by atoms with E-state index in [-0.39, 0.29) is 18.6 Å². The second kappa shape index (κ2) is 11.3. The van der Waals surface area contributed by atoms with E-state index in [1.54, 1.807) is 16.2 Å². The van der Waals surface area contributed by atoms with Crippen molar-refractivity contribution in [3.05, 3.63) is 65.0 Å². The number of hydrogen-bond donors (Lipinski definition) is 1. The quantitative estimate of drug-likeness (QED) is 0.285. The number of aromatic nitrogens is 5. The molecule has 0 saturated carbocycles. The number of thiazole rings is 1. The lowest BCUT2D eigenvalue weighted by Gasteiger charge is -2.32. The molecular formula is C27H27N7O3S. The first-order valence-corrected chi connectivity index (χ1v) is 13.0. The number of amides is 1. The van der Waals surface area contributed by atoms with Crippen molar-refractivity contribution in [2.75, 3.05) is 25.4 Å². The van der Waals surface area contributed by atoms with Crippen LogP contribution in [0.4, 0.5) is 5.82 Å². The van der Waals surface area contributed by atoms with Crippen LogP contribution < -0.4 is 15.2 Å². The Hall–Kier alpha value is -4.43. The molecule has 4 aromatic rings. The maximum atomic E-state index is 12.2. The van der Waals surface area contributed by atoms with E-state index in [2.05, 4.69) is 33.4 Å². The molecule has 1 unspecified atom stereocenters. The van der Waals surface area contributed by atoms with Crippen LogP contribution in [0, 0.1) is 18.8 Å². The zero-order valence-electron chi connectivity index (χ0n) is 21.0. The minimum Gasteiger partial charge on any atom is -0.486 e. The molecule has 0 bridgehead atoms. The normalized spacial score (nSPS) is 15.1. The summed E-state index contributed by atoms with van der Waals surface area (Å²) in [5.74, 6) is 7.62. The third-order valence-corrected chi connectivity index (χ3v) is 6.99. The number of nitrogens with zero attached hydrogens (tertiary/aromatic N) is 6. The molecule has 0 spiro atoms. The SMILES string of the molecule is C=CC(=O)N1CCCC(n2nc(C#CCOc3cccc(OCc4ncc(C)s4)c3)c3c(N)ncnc32)C1. The molecule has 2 N–H and O–H groups in total. The van der Waals surface area contributed by atoms with Crippen LogP contribution in [0.25, 0.3) is 11.0 Å². The molecule has 38 heavy (non-hydrogen) atoms. The van der Waals surface area contributed by atoms with Crippen LogP contribution in [-0.2, 0) is 11.4 Å². The molecule has 1 saturated heterocycles. The average Bonchev–Trinajstić information content (AvgIpc) is 3.53. The van der Waals surface area contributed by atoms with Gasteiger partial charge in [-0.25, -0.2) is 19.6 Å². The van der Waals surface area contributed by atoms with Gasteiger partial charge in [-0.05, 0) is 43.9 Å². The molecule has 3 aromatic heterocycles. The van der Waals surface area contributed by atoms with Crippen molar-refractivity contribution in [1.82, 2.24) is 29.6 Å². The average molecular weight is 530 g/mol. The lowest BCUT2D eigenvalue weighted by atomic mass is 10.1. The van der Waals surface area contributed by atoms with E-state index < -0.39 is 0 Å². The van der Waals surface area contributed by atoms with Crippen molar-refractivity contribution >= 4 is 34.1 Å². The number of rotatable bonds is 7. The summed E-state index contributed by atoms with van der Waals surface area (Å²) < 4.78 is 13.5. The summed E-state index contributed by atoms with van der Waals surface area (Å²) in [5.41, 5.74) is 7.26. The summed E-state index contributed by atoms with van der Waals surface area (Å²) in [5, 5.41) is 6.24. The van der Waals surface area contributed by atoms with Crippen LogP contribution in [0.2, 0.25) is 0 Å². The lowest BCUT2D eigenvalue weighted by molar-refractivity contribution is -0.127.